The highest BCUT2D eigenvalue weighted by molar-refractivity contribution is 6.35. The van der Waals surface area contributed by atoms with Gasteiger partial charge in [-0.05, 0) is 61.6 Å². The molecule has 0 aromatic heterocycles. The Labute approximate surface area is 194 Å². The van der Waals surface area contributed by atoms with Crippen LogP contribution in [0.2, 0.25) is 10.0 Å². The van der Waals surface area contributed by atoms with E-state index in [1.54, 1.807) is 25.1 Å². The average Bonchev–Trinajstić information content (AvgIpc) is 2.92. The van der Waals surface area contributed by atoms with Crippen molar-refractivity contribution in [3.63, 3.8) is 0 Å². The van der Waals surface area contributed by atoms with Gasteiger partial charge < -0.3 is 10.6 Å². The van der Waals surface area contributed by atoms with Crippen molar-refractivity contribution in [3.8, 4) is 0 Å². The van der Waals surface area contributed by atoms with Crippen LogP contribution in [0, 0.1) is 11.3 Å². The van der Waals surface area contributed by atoms with Crippen molar-refractivity contribution in [1.82, 2.24) is 15.5 Å². The molecule has 31 heavy (non-hydrogen) atoms. The summed E-state index contributed by atoms with van der Waals surface area (Å²) in [4.78, 5) is 39.3. The summed E-state index contributed by atoms with van der Waals surface area (Å²) in [5, 5.41) is 6.65. The Morgan fingerprint density at radius 1 is 1.29 bits per heavy atom. The molecule has 1 aromatic rings. The number of amides is 4. The van der Waals surface area contributed by atoms with Crippen LogP contribution in [0.1, 0.15) is 71.4 Å². The fourth-order valence-corrected chi connectivity index (χ4v) is 5.27. The van der Waals surface area contributed by atoms with Gasteiger partial charge in [0.2, 0.25) is 5.91 Å². The fourth-order valence-electron chi connectivity index (χ4n) is 4.70. The molecule has 1 aliphatic carbocycles. The van der Waals surface area contributed by atoms with E-state index in [1.165, 1.54) is 0 Å². The zero-order valence-corrected chi connectivity index (χ0v) is 20.1. The summed E-state index contributed by atoms with van der Waals surface area (Å²) < 4.78 is 0. The minimum absolute atomic E-state index is 0.214. The van der Waals surface area contributed by atoms with Crippen molar-refractivity contribution in [1.29, 1.82) is 0 Å². The van der Waals surface area contributed by atoms with Gasteiger partial charge >= 0.3 is 6.03 Å². The molecule has 2 aliphatic rings. The number of halogens is 2. The highest BCUT2D eigenvalue weighted by Crippen LogP contribution is 2.45. The number of nitrogens with zero attached hydrogens (tertiary/aromatic N) is 1. The summed E-state index contributed by atoms with van der Waals surface area (Å²) in [5.74, 6) is -0.187. The number of nitrogens with one attached hydrogen (secondary N) is 2. The molecule has 3 rings (SSSR count). The minimum atomic E-state index is -0.872. The fraction of sp³-hybridized carbons (Fsp3) is 0.609. The third-order valence-corrected chi connectivity index (χ3v) is 7.77. The molecule has 4 amide bonds. The first-order valence-corrected chi connectivity index (χ1v) is 11.6. The second kappa shape index (κ2) is 8.99. The first kappa shape index (κ1) is 23.9. The smallest absolute Gasteiger partial charge is 0.325 e. The molecule has 1 saturated heterocycles. The van der Waals surface area contributed by atoms with Gasteiger partial charge in [0.05, 0.1) is 6.04 Å². The lowest BCUT2D eigenvalue weighted by molar-refractivity contribution is -0.136. The molecule has 1 aliphatic heterocycles. The number of rotatable bonds is 6. The van der Waals surface area contributed by atoms with Gasteiger partial charge in [-0.1, -0.05) is 56.5 Å². The zero-order chi connectivity index (χ0) is 23.0. The maximum absolute atomic E-state index is 13.1. The SMILES string of the molecule is CCC(C)(C)C1CCC2(CC1)NC(=O)N(CC(=O)NC(C)c1ccc(Cl)cc1Cl)C2=O. The molecule has 1 aromatic carbocycles. The molecule has 1 spiro atoms. The maximum atomic E-state index is 13.1. The lowest BCUT2D eigenvalue weighted by Gasteiger charge is -2.42. The van der Waals surface area contributed by atoms with Crippen molar-refractivity contribution < 1.29 is 14.4 Å². The van der Waals surface area contributed by atoms with E-state index in [1.807, 2.05) is 0 Å². The number of carbonyl (C=O) groups excluding carboxylic acids is 3. The lowest BCUT2D eigenvalue weighted by atomic mass is 9.65. The molecule has 2 fully saturated rings. The van der Waals surface area contributed by atoms with E-state index < -0.39 is 23.5 Å². The van der Waals surface area contributed by atoms with E-state index in [9.17, 15) is 14.4 Å². The van der Waals surface area contributed by atoms with Crippen LogP contribution >= 0.6 is 23.2 Å². The van der Waals surface area contributed by atoms with Crippen LogP contribution in [0.5, 0.6) is 0 Å². The van der Waals surface area contributed by atoms with Crippen LogP contribution in [-0.4, -0.2) is 34.8 Å². The molecule has 1 heterocycles. The summed E-state index contributed by atoms with van der Waals surface area (Å²) in [6.07, 6.45) is 4.08. The Morgan fingerprint density at radius 2 is 1.94 bits per heavy atom. The van der Waals surface area contributed by atoms with E-state index in [-0.39, 0.29) is 17.9 Å². The largest absolute Gasteiger partial charge is 0.348 e. The summed E-state index contributed by atoms with van der Waals surface area (Å²) in [7, 11) is 0. The Kier molecular flexibility index (Phi) is 6.92. The Bertz CT molecular complexity index is 879. The van der Waals surface area contributed by atoms with Crippen LogP contribution in [0.4, 0.5) is 4.79 Å². The number of urea groups is 1. The van der Waals surface area contributed by atoms with Crippen LogP contribution in [0.15, 0.2) is 18.2 Å². The van der Waals surface area contributed by atoms with E-state index >= 15 is 0 Å². The van der Waals surface area contributed by atoms with Crippen LogP contribution in [-0.2, 0) is 9.59 Å². The monoisotopic (exact) mass is 467 g/mol. The average molecular weight is 468 g/mol. The third kappa shape index (κ3) is 4.85. The van der Waals surface area contributed by atoms with E-state index in [4.69, 9.17) is 23.2 Å². The topological polar surface area (TPSA) is 78.5 Å². The van der Waals surface area contributed by atoms with E-state index in [2.05, 4.69) is 31.4 Å². The Morgan fingerprint density at radius 3 is 2.52 bits per heavy atom. The highest BCUT2D eigenvalue weighted by atomic mass is 35.5. The molecule has 6 nitrogen and oxygen atoms in total. The maximum Gasteiger partial charge on any atom is 0.325 e. The Balaban J connectivity index is 1.62. The van der Waals surface area contributed by atoms with Gasteiger partial charge in [0.25, 0.3) is 5.91 Å². The van der Waals surface area contributed by atoms with E-state index in [0.29, 0.717) is 34.4 Å². The van der Waals surface area contributed by atoms with Crippen molar-refractivity contribution in [2.75, 3.05) is 6.54 Å². The number of carbonyl (C=O) groups is 3. The normalized spacial score (nSPS) is 25.0. The van der Waals surface area contributed by atoms with Crippen molar-refractivity contribution >= 4 is 41.0 Å². The van der Waals surface area contributed by atoms with Crippen LogP contribution < -0.4 is 10.6 Å². The van der Waals surface area contributed by atoms with Crippen LogP contribution in [0.25, 0.3) is 0 Å². The summed E-state index contributed by atoms with van der Waals surface area (Å²) in [6.45, 7) is 8.18. The predicted molar refractivity (Wildman–Crippen MR) is 122 cm³/mol. The Hall–Kier alpha value is -1.79. The molecule has 1 atom stereocenters. The van der Waals surface area contributed by atoms with Crippen LogP contribution in [0.3, 0.4) is 0 Å². The summed E-state index contributed by atoms with van der Waals surface area (Å²) in [5.41, 5.74) is 0.0549. The van der Waals surface area contributed by atoms with Crippen molar-refractivity contribution in [2.45, 2.75) is 71.4 Å². The minimum Gasteiger partial charge on any atom is -0.348 e. The van der Waals surface area contributed by atoms with Gasteiger partial charge in [0.1, 0.15) is 12.1 Å². The summed E-state index contributed by atoms with van der Waals surface area (Å²) in [6, 6.07) is 4.17. The van der Waals surface area contributed by atoms with Crippen molar-refractivity contribution in [2.24, 2.45) is 11.3 Å². The van der Waals surface area contributed by atoms with Crippen molar-refractivity contribution in [3.05, 3.63) is 33.8 Å². The van der Waals surface area contributed by atoms with Gasteiger partial charge in [-0.3, -0.25) is 14.5 Å². The van der Waals surface area contributed by atoms with Gasteiger partial charge in [-0.15, -0.1) is 0 Å². The molecule has 2 N–H and O–H groups in total. The molecule has 1 saturated carbocycles. The van der Waals surface area contributed by atoms with Gasteiger partial charge in [-0.25, -0.2) is 4.79 Å². The highest BCUT2D eigenvalue weighted by Gasteiger charge is 2.53. The first-order valence-electron chi connectivity index (χ1n) is 10.9. The quantitative estimate of drug-likeness (QED) is 0.571. The number of hydrogen-bond acceptors (Lipinski definition) is 3. The van der Waals surface area contributed by atoms with Gasteiger partial charge in [-0.2, -0.15) is 0 Å². The predicted octanol–water partition coefficient (Wildman–Crippen LogP) is 5.09. The molecule has 1 unspecified atom stereocenters. The van der Waals surface area contributed by atoms with Gasteiger partial charge in [0.15, 0.2) is 0 Å². The van der Waals surface area contributed by atoms with Gasteiger partial charge in [0, 0.05) is 10.0 Å². The molecule has 170 valence electrons. The molecule has 0 bridgehead atoms. The number of hydrogen-bond donors (Lipinski definition) is 2. The summed E-state index contributed by atoms with van der Waals surface area (Å²) >= 11 is 12.1. The molecule has 8 heteroatoms. The zero-order valence-electron chi connectivity index (χ0n) is 18.6. The number of imide groups is 1. The lowest BCUT2D eigenvalue weighted by Crippen LogP contribution is -2.51. The molecule has 0 radical (unpaired) electrons. The molecular formula is C23H31Cl2N3O3. The number of benzene rings is 1. The second-order valence-corrected chi connectivity index (χ2v) is 10.3. The first-order chi connectivity index (χ1) is 14.5. The molecular weight excluding hydrogens is 437 g/mol. The second-order valence-electron chi connectivity index (χ2n) is 9.48. The third-order valence-electron chi connectivity index (χ3n) is 7.21. The van der Waals surface area contributed by atoms with E-state index in [0.717, 1.165) is 24.2 Å². The standard InChI is InChI=1S/C23H31Cl2N3O3/c1-5-22(3,4)15-8-10-23(11-9-15)20(30)28(21(31)27-23)13-19(29)26-14(2)17-7-6-16(24)12-18(17)25/h6-7,12,14-15H,5,8-11,13H2,1-4H3,(H,26,29)(H,27,31).